The summed E-state index contributed by atoms with van der Waals surface area (Å²) in [5.74, 6) is -0.968. The van der Waals surface area contributed by atoms with Gasteiger partial charge in [0.05, 0.1) is 21.3 Å². The number of aryl methyl sites for hydroxylation is 1. The highest BCUT2D eigenvalue weighted by atomic mass is 35.5. The first-order valence-electron chi connectivity index (χ1n) is 7.79. The van der Waals surface area contributed by atoms with Crippen LogP contribution in [0.4, 0.5) is 17.6 Å². The van der Waals surface area contributed by atoms with Crippen LogP contribution in [-0.4, -0.2) is 11.9 Å². The van der Waals surface area contributed by atoms with Crippen LogP contribution in [0.15, 0.2) is 22.7 Å². The van der Waals surface area contributed by atoms with Crippen LogP contribution in [0.25, 0.3) is 0 Å². The Balaban J connectivity index is 1.77. The average Bonchev–Trinajstić information content (AvgIpc) is 3.25. The lowest BCUT2D eigenvalue weighted by Gasteiger charge is -2.29. The van der Waals surface area contributed by atoms with Crippen molar-refractivity contribution in [3.05, 3.63) is 54.9 Å². The molecule has 0 radical (unpaired) electrons. The van der Waals surface area contributed by atoms with Gasteiger partial charge in [0.25, 0.3) is 5.60 Å². The van der Waals surface area contributed by atoms with Crippen molar-refractivity contribution in [1.29, 1.82) is 0 Å². The molecule has 0 fully saturated rings. The van der Waals surface area contributed by atoms with Gasteiger partial charge in [0.1, 0.15) is 5.71 Å². The molecule has 1 aliphatic carbocycles. The highest BCUT2D eigenvalue weighted by molar-refractivity contribution is 7.12. The Morgan fingerprint density at radius 2 is 1.85 bits per heavy atom. The number of hydrogen-bond acceptors (Lipinski definition) is 3. The second-order valence-corrected chi connectivity index (χ2v) is 8.00. The second kappa shape index (κ2) is 6.11. The lowest BCUT2D eigenvalue weighted by molar-refractivity contribution is -0.275. The van der Waals surface area contributed by atoms with Gasteiger partial charge in [0.2, 0.25) is 0 Å². The summed E-state index contributed by atoms with van der Waals surface area (Å²) in [5.41, 5.74) is -0.658. The van der Waals surface area contributed by atoms with E-state index in [1.165, 1.54) is 11.3 Å². The third kappa shape index (κ3) is 2.63. The molecule has 2 aliphatic rings. The summed E-state index contributed by atoms with van der Waals surface area (Å²) < 4.78 is 55.6. The van der Waals surface area contributed by atoms with Crippen molar-refractivity contribution in [3.63, 3.8) is 0 Å². The van der Waals surface area contributed by atoms with Gasteiger partial charge >= 0.3 is 6.18 Å². The fourth-order valence-corrected chi connectivity index (χ4v) is 5.04. The lowest BCUT2D eigenvalue weighted by Crippen LogP contribution is -2.42. The number of halogens is 6. The summed E-state index contributed by atoms with van der Waals surface area (Å²) >= 11 is 12.8. The monoisotopic (exact) mass is 423 g/mol. The van der Waals surface area contributed by atoms with Crippen LogP contribution in [0, 0.1) is 5.82 Å². The molecule has 9 heteroatoms. The molecule has 4 rings (SSSR count). The highest BCUT2D eigenvalue weighted by Gasteiger charge is 2.62. The van der Waals surface area contributed by atoms with Gasteiger partial charge < -0.3 is 4.84 Å². The Labute approximate surface area is 160 Å². The van der Waals surface area contributed by atoms with E-state index in [2.05, 4.69) is 5.16 Å². The van der Waals surface area contributed by atoms with E-state index in [1.807, 2.05) is 5.38 Å². The van der Waals surface area contributed by atoms with E-state index in [0.29, 0.717) is 0 Å². The number of benzene rings is 1. The quantitative estimate of drug-likeness (QED) is 0.412. The van der Waals surface area contributed by atoms with Crippen LogP contribution >= 0.6 is 34.5 Å². The minimum Gasteiger partial charge on any atom is -0.374 e. The van der Waals surface area contributed by atoms with Crippen molar-refractivity contribution in [3.8, 4) is 0 Å². The number of hydrogen-bond donors (Lipinski definition) is 0. The Hall–Kier alpha value is -1.31. The maximum atomic E-state index is 14.0. The first kappa shape index (κ1) is 18.1. The van der Waals surface area contributed by atoms with Gasteiger partial charge in [-0.3, -0.25) is 0 Å². The van der Waals surface area contributed by atoms with Crippen molar-refractivity contribution in [2.75, 3.05) is 0 Å². The molecular formula is C17H11Cl2F4NOS. The molecule has 1 unspecified atom stereocenters. The van der Waals surface area contributed by atoms with Crippen LogP contribution < -0.4 is 0 Å². The summed E-state index contributed by atoms with van der Waals surface area (Å²) in [4.78, 5) is 5.69. The highest BCUT2D eigenvalue weighted by Crippen LogP contribution is 2.51. The average molecular weight is 424 g/mol. The van der Waals surface area contributed by atoms with Crippen LogP contribution in [0.3, 0.4) is 0 Å². The third-order valence-electron chi connectivity index (χ3n) is 4.75. The molecule has 1 atom stereocenters. The summed E-state index contributed by atoms with van der Waals surface area (Å²) in [7, 11) is 0. The smallest absolute Gasteiger partial charge is 0.374 e. The second-order valence-electron chi connectivity index (χ2n) is 6.31. The van der Waals surface area contributed by atoms with E-state index in [-0.39, 0.29) is 11.3 Å². The molecule has 1 aromatic carbocycles. The third-order valence-corrected chi connectivity index (χ3v) is 6.42. The standard InChI is InChI=1S/C17H11Cl2F4NOS/c18-11-4-9(5-12(19)14(11)20)16(17(21,22)23)6-13(24-25-16)15-10-3-1-2-8(10)7-26-15/h4-5,7H,1-3,6H2. The van der Waals surface area contributed by atoms with Crippen LogP contribution in [-0.2, 0) is 23.3 Å². The fourth-order valence-electron chi connectivity index (χ4n) is 3.41. The number of rotatable bonds is 2. The van der Waals surface area contributed by atoms with E-state index in [0.717, 1.165) is 47.4 Å². The van der Waals surface area contributed by atoms with Crippen molar-refractivity contribution in [2.24, 2.45) is 5.16 Å². The predicted molar refractivity (Wildman–Crippen MR) is 92.7 cm³/mol. The van der Waals surface area contributed by atoms with Crippen LogP contribution in [0.5, 0.6) is 0 Å². The number of oxime groups is 1. The largest absolute Gasteiger partial charge is 0.435 e. The molecule has 0 amide bonds. The van der Waals surface area contributed by atoms with Gasteiger partial charge in [0.15, 0.2) is 5.82 Å². The predicted octanol–water partition coefficient (Wildman–Crippen LogP) is 6.26. The molecule has 0 spiro atoms. The minimum absolute atomic E-state index is 0.243. The van der Waals surface area contributed by atoms with Gasteiger partial charge in [0, 0.05) is 5.56 Å². The van der Waals surface area contributed by atoms with Crippen molar-refractivity contribution in [2.45, 2.75) is 37.5 Å². The zero-order valence-electron chi connectivity index (χ0n) is 13.1. The molecule has 2 aromatic rings. The first-order valence-corrected chi connectivity index (χ1v) is 9.43. The fraction of sp³-hybridized carbons (Fsp3) is 0.353. The Morgan fingerprint density at radius 1 is 1.15 bits per heavy atom. The summed E-state index contributed by atoms with van der Waals surface area (Å²) in [6, 6.07) is 1.79. The number of fused-ring (bicyclic) bond motifs is 1. The SMILES string of the molecule is Fc1c(Cl)cc(C2(C(F)(F)F)CC(c3scc4c3CCC4)=NO2)cc1Cl. The van der Waals surface area contributed by atoms with E-state index in [4.69, 9.17) is 28.0 Å². The van der Waals surface area contributed by atoms with Gasteiger partial charge in [-0.05, 0) is 47.9 Å². The zero-order chi connectivity index (χ0) is 18.7. The maximum Gasteiger partial charge on any atom is 0.435 e. The molecule has 2 nitrogen and oxygen atoms in total. The van der Waals surface area contributed by atoms with Gasteiger partial charge in [-0.1, -0.05) is 28.4 Å². The molecule has 0 N–H and O–H groups in total. The summed E-state index contributed by atoms with van der Waals surface area (Å²) in [6.07, 6.45) is -2.58. The van der Waals surface area contributed by atoms with Gasteiger partial charge in [-0.25, -0.2) is 4.39 Å². The molecular weight excluding hydrogens is 413 g/mol. The first-order chi connectivity index (χ1) is 12.2. The van der Waals surface area contributed by atoms with Crippen molar-refractivity contribution in [1.82, 2.24) is 0 Å². The summed E-state index contributed by atoms with van der Waals surface area (Å²) in [5, 5.41) is 4.73. The zero-order valence-corrected chi connectivity index (χ0v) is 15.4. The van der Waals surface area contributed by atoms with Crippen molar-refractivity contribution >= 4 is 40.3 Å². The molecule has 26 heavy (non-hydrogen) atoms. The molecule has 2 heterocycles. The minimum atomic E-state index is -4.79. The topological polar surface area (TPSA) is 21.6 Å². The van der Waals surface area contributed by atoms with E-state index >= 15 is 0 Å². The summed E-state index contributed by atoms with van der Waals surface area (Å²) in [6.45, 7) is 0. The molecule has 0 bridgehead atoms. The normalized spacial score (nSPS) is 22.3. The molecule has 0 saturated heterocycles. The van der Waals surface area contributed by atoms with E-state index < -0.39 is 34.1 Å². The van der Waals surface area contributed by atoms with Crippen LogP contribution in [0.1, 0.15) is 34.4 Å². The Morgan fingerprint density at radius 3 is 2.50 bits per heavy atom. The Bertz CT molecular complexity index is 901. The van der Waals surface area contributed by atoms with Crippen molar-refractivity contribution < 1.29 is 22.4 Å². The number of nitrogens with zero attached hydrogens (tertiary/aromatic N) is 1. The van der Waals surface area contributed by atoms with Gasteiger partial charge in [-0.15, -0.1) is 11.3 Å². The lowest BCUT2D eigenvalue weighted by atomic mass is 9.87. The Kier molecular flexibility index (Phi) is 4.24. The molecule has 0 saturated carbocycles. The molecule has 1 aromatic heterocycles. The van der Waals surface area contributed by atoms with E-state index in [9.17, 15) is 17.6 Å². The molecule has 1 aliphatic heterocycles. The maximum absolute atomic E-state index is 14.0. The number of alkyl halides is 3. The number of thiophene rings is 1. The molecule has 138 valence electrons. The van der Waals surface area contributed by atoms with E-state index in [1.54, 1.807) is 0 Å². The van der Waals surface area contributed by atoms with Gasteiger partial charge in [-0.2, -0.15) is 13.2 Å². The van der Waals surface area contributed by atoms with Crippen LogP contribution in [0.2, 0.25) is 10.0 Å².